The molecule has 2 aromatic carbocycles. The van der Waals surface area contributed by atoms with Crippen molar-refractivity contribution in [2.45, 2.75) is 13.5 Å². The predicted octanol–water partition coefficient (Wildman–Crippen LogP) is 2.62. The Hall–Kier alpha value is -3.88. The third-order valence-electron chi connectivity index (χ3n) is 3.97. The number of rotatable bonds is 9. The third-order valence-corrected chi connectivity index (χ3v) is 3.97. The highest BCUT2D eigenvalue weighted by Crippen LogP contribution is 2.21. The van der Waals surface area contributed by atoms with E-state index in [0.29, 0.717) is 35.1 Å². The number of benzene rings is 2. The first kappa shape index (κ1) is 20.8. The second-order valence-electron chi connectivity index (χ2n) is 6.04. The molecule has 9 heteroatoms. The minimum absolute atomic E-state index is 0.138. The van der Waals surface area contributed by atoms with Crippen LogP contribution in [0, 0.1) is 0 Å². The fourth-order valence-corrected chi connectivity index (χ4v) is 2.51. The van der Waals surface area contributed by atoms with Gasteiger partial charge in [0.1, 0.15) is 18.0 Å². The van der Waals surface area contributed by atoms with Crippen LogP contribution in [0.25, 0.3) is 11.4 Å². The Kier molecular flexibility index (Phi) is 6.99. The number of ether oxygens (including phenoxy) is 3. The molecule has 1 N–H and O–H groups in total. The van der Waals surface area contributed by atoms with Crippen molar-refractivity contribution < 1.29 is 28.3 Å². The number of aromatic nitrogens is 2. The number of esters is 1. The molecule has 0 bridgehead atoms. The first-order valence-corrected chi connectivity index (χ1v) is 9.22. The SMILES string of the molecule is CCOc1ccc(C(=O)NCC(=O)OCc2nc(-c3cccc(OC)c3)no2)cc1. The second kappa shape index (κ2) is 10.1. The lowest BCUT2D eigenvalue weighted by molar-refractivity contribution is -0.144. The van der Waals surface area contributed by atoms with Gasteiger partial charge in [0.05, 0.1) is 13.7 Å². The van der Waals surface area contributed by atoms with Gasteiger partial charge < -0.3 is 24.1 Å². The van der Waals surface area contributed by atoms with Crippen molar-refractivity contribution in [3.63, 3.8) is 0 Å². The van der Waals surface area contributed by atoms with Crippen LogP contribution in [0.2, 0.25) is 0 Å². The molecule has 30 heavy (non-hydrogen) atoms. The standard InChI is InChI=1S/C21H21N3O6/c1-3-28-16-9-7-14(8-10-16)21(26)22-12-19(25)29-13-18-23-20(24-30-18)15-5-4-6-17(11-15)27-2/h4-11H,3,12-13H2,1-2H3,(H,22,26). The van der Waals surface area contributed by atoms with Crippen LogP contribution in [0.3, 0.4) is 0 Å². The quantitative estimate of drug-likeness (QED) is 0.535. The third kappa shape index (κ3) is 5.57. The summed E-state index contributed by atoms with van der Waals surface area (Å²) < 4.78 is 20.6. The molecule has 0 aliphatic rings. The summed E-state index contributed by atoms with van der Waals surface area (Å²) in [6, 6.07) is 13.8. The molecule has 0 aliphatic carbocycles. The van der Waals surface area contributed by atoms with Crippen molar-refractivity contribution in [2.75, 3.05) is 20.3 Å². The average molecular weight is 411 g/mol. The van der Waals surface area contributed by atoms with E-state index in [-0.39, 0.29) is 19.0 Å². The van der Waals surface area contributed by atoms with Crippen LogP contribution in [0.15, 0.2) is 53.1 Å². The molecule has 0 fully saturated rings. The highest BCUT2D eigenvalue weighted by atomic mass is 16.6. The Balaban J connectivity index is 1.46. The summed E-state index contributed by atoms with van der Waals surface area (Å²) >= 11 is 0. The van der Waals surface area contributed by atoms with Crippen LogP contribution >= 0.6 is 0 Å². The average Bonchev–Trinajstić information content (AvgIpc) is 3.26. The molecule has 0 atom stereocenters. The number of methoxy groups -OCH3 is 1. The molecule has 9 nitrogen and oxygen atoms in total. The Morgan fingerprint density at radius 1 is 1.10 bits per heavy atom. The zero-order valence-electron chi connectivity index (χ0n) is 16.6. The molecule has 0 spiro atoms. The molecule has 156 valence electrons. The summed E-state index contributed by atoms with van der Waals surface area (Å²) in [5.41, 5.74) is 1.12. The van der Waals surface area contributed by atoms with E-state index >= 15 is 0 Å². The first-order valence-electron chi connectivity index (χ1n) is 9.22. The first-order chi connectivity index (χ1) is 14.6. The van der Waals surface area contributed by atoms with E-state index in [4.69, 9.17) is 18.7 Å². The number of carbonyl (C=O) groups is 2. The number of hydrogen-bond acceptors (Lipinski definition) is 8. The Morgan fingerprint density at radius 2 is 1.90 bits per heavy atom. The number of hydrogen-bond donors (Lipinski definition) is 1. The van der Waals surface area contributed by atoms with Gasteiger partial charge in [0.2, 0.25) is 5.82 Å². The number of nitrogens with one attached hydrogen (secondary N) is 1. The molecule has 3 aromatic rings. The molecule has 1 heterocycles. The van der Waals surface area contributed by atoms with E-state index in [1.807, 2.05) is 6.92 Å². The van der Waals surface area contributed by atoms with Gasteiger partial charge in [-0.2, -0.15) is 4.98 Å². The van der Waals surface area contributed by atoms with E-state index in [2.05, 4.69) is 15.5 Å². The zero-order valence-corrected chi connectivity index (χ0v) is 16.6. The molecule has 0 radical (unpaired) electrons. The van der Waals surface area contributed by atoms with Gasteiger partial charge in [-0.05, 0) is 43.3 Å². The summed E-state index contributed by atoms with van der Waals surface area (Å²) in [5.74, 6) is 0.793. The Labute approximate surface area is 172 Å². The van der Waals surface area contributed by atoms with E-state index in [1.54, 1.807) is 55.6 Å². The maximum Gasteiger partial charge on any atom is 0.325 e. The lowest BCUT2D eigenvalue weighted by Crippen LogP contribution is -2.30. The molecule has 3 rings (SSSR count). The van der Waals surface area contributed by atoms with Crippen LogP contribution < -0.4 is 14.8 Å². The molecular formula is C21H21N3O6. The summed E-state index contributed by atoms with van der Waals surface area (Å²) in [7, 11) is 1.56. The highest BCUT2D eigenvalue weighted by molar-refractivity contribution is 5.96. The van der Waals surface area contributed by atoms with Crippen molar-refractivity contribution in [1.82, 2.24) is 15.5 Å². The minimum Gasteiger partial charge on any atom is -0.497 e. The molecule has 0 unspecified atom stereocenters. The molecular weight excluding hydrogens is 390 g/mol. The van der Waals surface area contributed by atoms with E-state index in [9.17, 15) is 9.59 Å². The van der Waals surface area contributed by atoms with Gasteiger partial charge in [-0.15, -0.1) is 0 Å². The van der Waals surface area contributed by atoms with E-state index in [0.717, 1.165) is 0 Å². The maximum atomic E-state index is 12.1. The summed E-state index contributed by atoms with van der Waals surface area (Å²) in [6.07, 6.45) is 0. The lowest BCUT2D eigenvalue weighted by Gasteiger charge is -2.06. The summed E-state index contributed by atoms with van der Waals surface area (Å²) in [4.78, 5) is 28.2. The minimum atomic E-state index is -0.629. The molecule has 0 saturated heterocycles. The van der Waals surface area contributed by atoms with Crippen LogP contribution in [-0.2, 0) is 16.1 Å². The van der Waals surface area contributed by atoms with Gasteiger partial charge in [-0.3, -0.25) is 9.59 Å². The number of carbonyl (C=O) groups excluding carboxylic acids is 2. The number of nitrogens with zero attached hydrogens (tertiary/aromatic N) is 2. The van der Waals surface area contributed by atoms with Crippen molar-refractivity contribution in [3.8, 4) is 22.9 Å². The van der Waals surface area contributed by atoms with Gasteiger partial charge in [0.15, 0.2) is 6.61 Å². The van der Waals surface area contributed by atoms with E-state index < -0.39 is 11.9 Å². The molecule has 1 amide bonds. The van der Waals surface area contributed by atoms with Gasteiger partial charge in [-0.1, -0.05) is 17.3 Å². The topological polar surface area (TPSA) is 113 Å². The monoisotopic (exact) mass is 411 g/mol. The van der Waals surface area contributed by atoms with Crippen LogP contribution in [0.5, 0.6) is 11.5 Å². The van der Waals surface area contributed by atoms with Crippen LogP contribution in [0.4, 0.5) is 0 Å². The van der Waals surface area contributed by atoms with Crippen molar-refractivity contribution in [2.24, 2.45) is 0 Å². The second-order valence-corrected chi connectivity index (χ2v) is 6.04. The van der Waals surface area contributed by atoms with Crippen molar-refractivity contribution >= 4 is 11.9 Å². The number of amides is 1. The van der Waals surface area contributed by atoms with Crippen molar-refractivity contribution in [1.29, 1.82) is 0 Å². The summed E-state index contributed by atoms with van der Waals surface area (Å²) in [6.45, 7) is 1.93. The molecule has 0 aliphatic heterocycles. The van der Waals surface area contributed by atoms with Gasteiger partial charge in [0.25, 0.3) is 11.8 Å². The Bertz CT molecular complexity index is 1000. The fraction of sp³-hybridized carbons (Fsp3) is 0.238. The van der Waals surface area contributed by atoms with Crippen LogP contribution in [-0.4, -0.2) is 42.3 Å². The summed E-state index contributed by atoms with van der Waals surface area (Å²) in [5, 5.41) is 6.36. The molecule has 1 aromatic heterocycles. The van der Waals surface area contributed by atoms with Crippen LogP contribution in [0.1, 0.15) is 23.2 Å². The van der Waals surface area contributed by atoms with Crippen molar-refractivity contribution in [3.05, 3.63) is 60.0 Å². The zero-order chi connectivity index (χ0) is 21.3. The van der Waals surface area contributed by atoms with E-state index in [1.165, 1.54) is 0 Å². The van der Waals surface area contributed by atoms with Gasteiger partial charge >= 0.3 is 5.97 Å². The predicted molar refractivity (Wildman–Crippen MR) is 106 cm³/mol. The van der Waals surface area contributed by atoms with Gasteiger partial charge in [-0.25, -0.2) is 0 Å². The van der Waals surface area contributed by atoms with Gasteiger partial charge in [0, 0.05) is 11.1 Å². The fourth-order valence-electron chi connectivity index (χ4n) is 2.51. The highest BCUT2D eigenvalue weighted by Gasteiger charge is 2.13. The smallest absolute Gasteiger partial charge is 0.325 e. The molecule has 0 saturated carbocycles. The Morgan fingerprint density at radius 3 is 2.63 bits per heavy atom. The maximum absolute atomic E-state index is 12.1. The normalized spacial score (nSPS) is 10.3. The largest absolute Gasteiger partial charge is 0.497 e. The lowest BCUT2D eigenvalue weighted by atomic mass is 10.2.